The Kier molecular flexibility index (Phi) is 3.67. The van der Waals surface area contributed by atoms with Gasteiger partial charge in [-0.25, -0.2) is 4.39 Å². The maximum atomic E-state index is 13.1. The van der Waals surface area contributed by atoms with Crippen LogP contribution in [0.4, 0.5) is 4.39 Å². The zero-order valence-corrected chi connectivity index (χ0v) is 12.2. The van der Waals surface area contributed by atoms with Crippen LogP contribution in [0.1, 0.15) is 16.7 Å². The van der Waals surface area contributed by atoms with Gasteiger partial charge in [-0.15, -0.1) is 0 Å². The molecule has 1 aliphatic heterocycles. The van der Waals surface area contributed by atoms with Gasteiger partial charge in [0.2, 0.25) is 0 Å². The lowest BCUT2D eigenvalue weighted by atomic mass is 9.99. The predicted octanol–water partition coefficient (Wildman–Crippen LogP) is 4.15. The molecular weight excluding hydrogens is 305 g/mol. The molecule has 0 radical (unpaired) electrons. The maximum absolute atomic E-state index is 13.1. The fourth-order valence-corrected chi connectivity index (χ4v) is 3.06. The van der Waals surface area contributed by atoms with Gasteiger partial charge >= 0.3 is 0 Å². The molecule has 0 saturated heterocycles. The third kappa shape index (κ3) is 2.88. The van der Waals surface area contributed by atoms with Crippen LogP contribution in [-0.2, 0) is 19.5 Å². The highest BCUT2D eigenvalue weighted by Crippen LogP contribution is 2.24. The van der Waals surface area contributed by atoms with Gasteiger partial charge in [0.25, 0.3) is 0 Å². The average molecular weight is 320 g/mol. The molecule has 3 heteroatoms. The molecule has 0 N–H and O–H groups in total. The van der Waals surface area contributed by atoms with Gasteiger partial charge in [0.15, 0.2) is 0 Å². The molecule has 0 unspecified atom stereocenters. The molecule has 0 amide bonds. The van der Waals surface area contributed by atoms with Crippen LogP contribution in [0.3, 0.4) is 0 Å². The van der Waals surface area contributed by atoms with Gasteiger partial charge in [-0.3, -0.25) is 4.90 Å². The van der Waals surface area contributed by atoms with Gasteiger partial charge in [-0.1, -0.05) is 46.3 Å². The quantitative estimate of drug-likeness (QED) is 0.804. The molecule has 0 fully saturated rings. The lowest BCUT2D eigenvalue weighted by Crippen LogP contribution is -2.30. The van der Waals surface area contributed by atoms with Crippen LogP contribution < -0.4 is 0 Å². The Bertz CT molecular complexity index is 597. The summed E-state index contributed by atoms with van der Waals surface area (Å²) in [6.45, 7) is 2.88. The highest BCUT2D eigenvalue weighted by atomic mass is 79.9. The smallest absolute Gasteiger partial charge is 0.124 e. The third-order valence-corrected chi connectivity index (χ3v) is 4.36. The van der Waals surface area contributed by atoms with Gasteiger partial charge in [0.1, 0.15) is 5.82 Å². The predicted molar refractivity (Wildman–Crippen MR) is 78.4 cm³/mol. The number of fused-ring (bicyclic) bond motifs is 1. The summed E-state index contributed by atoms with van der Waals surface area (Å²) in [7, 11) is 0. The SMILES string of the molecule is Fc1ccc(CN2CCc3ccccc3C2)c(Br)c1. The molecule has 1 aliphatic rings. The minimum Gasteiger partial charge on any atom is -0.294 e. The van der Waals surface area contributed by atoms with Gasteiger partial charge in [-0.05, 0) is 35.2 Å². The molecule has 2 aromatic rings. The molecule has 98 valence electrons. The van der Waals surface area contributed by atoms with Crippen molar-refractivity contribution in [2.24, 2.45) is 0 Å². The fraction of sp³-hybridized carbons (Fsp3) is 0.250. The number of halogens is 2. The maximum Gasteiger partial charge on any atom is 0.124 e. The van der Waals surface area contributed by atoms with Crippen LogP contribution in [0.25, 0.3) is 0 Å². The first kappa shape index (κ1) is 12.8. The Morgan fingerprint density at radius 1 is 1.11 bits per heavy atom. The first-order valence-corrected chi connectivity index (χ1v) is 7.25. The highest BCUT2D eigenvalue weighted by Gasteiger charge is 2.16. The zero-order valence-electron chi connectivity index (χ0n) is 10.6. The van der Waals surface area contributed by atoms with E-state index in [1.807, 2.05) is 6.07 Å². The number of nitrogens with zero attached hydrogens (tertiary/aromatic N) is 1. The molecular formula is C16H15BrFN. The van der Waals surface area contributed by atoms with Crippen LogP contribution in [0.2, 0.25) is 0 Å². The van der Waals surface area contributed by atoms with Crippen LogP contribution in [0.15, 0.2) is 46.9 Å². The highest BCUT2D eigenvalue weighted by molar-refractivity contribution is 9.10. The Balaban J connectivity index is 1.75. The van der Waals surface area contributed by atoms with Crippen molar-refractivity contribution in [2.45, 2.75) is 19.5 Å². The lowest BCUT2D eigenvalue weighted by molar-refractivity contribution is 0.245. The van der Waals surface area contributed by atoms with Gasteiger partial charge in [-0.2, -0.15) is 0 Å². The Labute approximate surface area is 121 Å². The molecule has 0 bridgehead atoms. The lowest BCUT2D eigenvalue weighted by Gasteiger charge is -2.29. The first-order chi connectivity index (χ1) is 9.22. The van der Waals surface area contributed by atoms with E-state index in [9.17, 15) is 4.39 Å². The fourth-order valence-electron chi connectivity index (χ4n) is 2.58. The van der Waals surface area contributed by atoms with Crippen molar-refractivity contribution < 1.29 is 4.39 Å². The molecule has 1 heterocycles. The molecule has 0 saturated carbocycles. The summed E-state index contributed by atoms with van der Waals surface area (Å²) < 4.78 is 13.9. The summed E-state index contributed by atoms with van der Waals surface area (Å²) in [6.07, 6.45) is 1.09. The van der Waals surface area contributed by atoms with E-state index in [-0.39, 0.29) is 5.82 Å². The van der Waals surface area contributed by atoms with Crippen molar-refractivity contribution in [3.63, 3.8) is 0 Å². The summed E-state index contributed by atoms with van der Waals surface area (Å²) in [6, 6.07) is 13.5. The van der Waals surface area contributed by atoms with Gasteiger partial charge in [0, 0.05) is 24.1 Å². The topological polar surface area (TPSA) is 3.24 Å². The molecule has 0 atom stereocenters. The zero-order chi connectivity index (χ0) is 13.2. The Morgan fingerprint density at radius 2 is 1.89 bits per heavy atom. The van der Waals surface area contributed by atoms with Crippen molar-refractivity contribution in [1.29, 1.82) is 0 Å². The Morgan fingerprint density at radius 3 is 2.68 bits per heavy atom. The largest absolute Gasteiger partial charge is 0.294 e. The standard InChI is InChI=1S/C16H15BrFN/c17-16-9-15(18)6-5-14(16)11-19-8-7-12-3-1-2-4-13(12)10-19/h1-6,9H,7-8,10-11H2. The van der Waals surface area contributed by atoms with Crippen molar-refractivity contribution in [2.75, 3.05) is 6.54 Å². The van der Waals surface area contributed by atoms with E-state index < -0.39 is 0 Å². The summed E-state index contributed by atoms with van der Waals surface area (Å²) in [5, 5.41) is 0. The second-order valence-electron chi connectivity index (χ2n) is 4.97. The second-order valence-corrected chi connectivity index (χ2v) is 5.82. The summed E-state index contributed by atoms with van der Waals surface area (Å²) in [4.78, 5) is 2.40. The van der Waals surface area contributed by atoms with E-state index in [1.165, 1.54) is 23.3 Å². The molecule has 0 spiro atoms. The number of rotatable bonds is 2. The second kappa shape index (κ2) is 5.43. The molecule has 1 nitrogen and oxygen atoms in total. The number of hydrogen-bond donors (Lipinski definition) is 0. The first-order valence-electron chi connectivity index (χ1n) is 6.45. The molecule has 3 rings (SSSR count). The van der Waals surface area contributed by atoms with Crippen LogP contribution in [-0.4, -0.2) is 11.4 Å². The third-order valence-electron chi connectivity index (χ3n) is 3.62. The molecule has 2 aromatic carbocycles. The van der Waals surface area contributed by atoms with Gasteiger partial charge in [0.05, 0.1) is 0 Å². The molecule has 0 aliphatic carbocycles. The van der Waals surface area contributed by atoms with Crippen LogP contribution >= 0.6 is 15.9 Å². The van der Waals surface area contributed by atoms with Crippen molar-refractivity contribution in [3.05, 3.63) is 69.4 Å². The monoisotopic (exact) mass is 319 g/mol. The van der Waals surface area contributed by atoms with E-state index in [1.54, 1.807) is 0 Å². The minimum absolute atomic E-state index is 0.195. The molecule has 0 aromatic heterocycles. The average Bonchev–Trinajstić information content (AvgIpc) is 2.42. The van der Waals surface area contributed by atoms with E-state index >= 15 is 0 Å². The normalized spacial score (nSPS) is 15.3. The van der Waals surface area contributed by atoms with Crippen molar-refractivity contribution >= 4 is 15.9 Å². The minimum atomic E-state index is -0.195. The van der Waals surface area contributed by atoms with Crippen LogP contribution in [0, 0.1) is 5.82 Å². The number of benzene rings is 2. The van der Waals surface area contributed by atoms with Crippen molar-refractivity contribution in [3.8, 4) is 0 Å². The Hall–Kier alpha value is -1.19. The van der Waals surface area contributed by atoms with E-state index in [0.717, 1.165) is 36.1 Å². The van der Waals surface area contributed by atoms with E-state index in [2.05, 4.69) is 45.1 Å². The summed E-state index contributed by atoms with van der Waals surface area (Å²) in [5.41, 5.74) is 4.00. The number of hydrogen-bond acceptors (Lipinski definition) is 1. The summed E-state index contributed by atoms with van der Waals surface area (Å²) >= 11 is 3.44. The van der Waals surface area contributed by atoms with Crippen molar-refractivity contribution in [1.82, 2.24) is 4.90 Å². The van der Waals surface area contributed by atoms with E-state index in [4.69, 9.17) is 0 Å². The van der Waals surface area contributed by atoms with Crippen LogP contribution in [0.5, 0.6) is 0 Å². The van der Waals surface area contributed by atoms with Gasteiger partial charge < -0.3 is 0 Å². The van der Waals surface area contributed by atoms with E-state index in [0.29, 0.717) is 0 Å². The molecule has 19 heavy (non-hydrogen) atoms. The summed E-state index contributed by atoms with van der Waals surface area (Å²) in [5.74, 6) is -0.195.